The number of carbonyl (C=O) groups excluding carboxylic acids is 1. The quantitative estimate of drug-likeness (QED) is 0.664. The van der Waals surface area contributed by atoms with Crippen LogP contribution in [0, 0.1) is 6.92 Å². The number of benzene rings is 1. The van der Waals surface area contributed by atoms with Gasteiger partial charge in [0, 0.05) is 23.1 Å². The van der Waals surface area contributed by atoms with E-state index in [0.29, 0.717) is 10.8 Å². The predicted molar refractivity (Wildman–Crippen MR) is 103 cm³/mol. The molecule has 1 N–H and O–H groups in total. The molecular formula is C20H19N3OS. The van der Waals surface area contributed by atoms with Crippen LogP contribution in [0.4, 0.5) is 11.5 Å². The van der Waals surface area contributed by atoms with Gasteiger partial charge < -0.3 is 5.32 Å². The van der Waals surface area contributed by atoms with E-state index in [4.69, 9.17) is 0 Å². The van der Waals surface area contributed by atoms with E-state index < -0.39 is 5.92 Å². The Morgan fingerprint density at radius 2 is 1.84 bits per heavy atom. The Kier molecular flexibility index (Phi) is 5.14. The highest BCUT2D eigenvalue weighted by Gasteiger charge is 2.23. The smallest absolute Gasteiger partial charge is 0.141 e. The summed E-state index contributed by atoms with van der Waals surface area (Å²) in [6.07, 6.45) is 1.69. The molecule has 126 valence electrons. The molecule has 25 heavy (non-hydrogen) atoms. The van der Waals surface area contributed by atoms with Crippen molar-refractivity contribution >= 4 is 29.9 Å². The minimum absolute atomic E-state index is 0.0375. The minimum atomic E-state index is -0.430. The lowest BCUT2D eigenvalue weighted by Gasteiger charge is -2.19. The number of carbonyl (C=O) groups is 1. The normalized spacial score (nSPS) is 11.8. The number of thiol groups is 1. The van der Waals surface area contributed by atoms with Gasteiger partial charge in [-0.2, -0.15) is 0 Å². The van der Waals surface area contributed by atoms with Crippen LogP contribution in [0.15, 0.2) is 65.8 Å². The number of para-hydroxylation sites is 1. The Hall–Kier alpha value is -2.66. The highest BCUT2D eigenvalue weighted by molar-refractivity contribution is 7.80. The Balaban J connectivity index is 2.07. The molecule has 0 saturated carbocycles. The van der Waals surface area contributed by atoms with Gasteiger partial charge in [-0.15, -0.1) is 12.6 Å². The predicted octanol–water partition coefficient (Wildman–Crippen LogP) is 4.54. The largest absolute Gasteiger partial charge is 0.340 e. The molecule has 0 saturated heterocycles. The van der Waals surface area contributed by atoms with Crippen LogP contribution in [-0.4, -0.2) is 15.8 Å². The van der Waals surface area contributed by atoms with Gasteiger partial charge in [0.05, 0.1) is 10.9 Å². The Bertz CT molecular complexity index is 879. The van der Waals surface area contributed by atoms with Crippen LogP contribution in [0.2, 0.25) is 0 Å². The van der Waals surface area contributed by atoms with Gasteiger partial charge in [-0.3, -0.25) is 4.79 Å². The summed E-state index contributed by atoms with van der Waals surface area (Å²) in [5, 5.41) is 3.95. The first-order valence-electron chi connectivity index (χ1n) is 7.99. The van der Waals surface area contributed by atoms with Crippen molar-refractivity contribution in [1.82, 2.24) is 9.97 Å². The summed E-state index contributed by atoms with van der Waals surface area (Å²) in [4.78, 5) is 21.2. The van der Waals surface area contributed by atoms with Crippen molar-refractivity contribution in [1.29, 1.82) is 0 Å². The molecule has 0 aliphatic heterocycles. The monoisotopic (exact) mass is 349 g/mol. The van der Waals surface area contributed by atoms with E-state index in [-0.39, 0.29) is 5.78 Å². The summed E-state index contributed by atoms with van der Waals surface area (Å²) in [6.45, 7) is 3.52. The van der Waals surface area contributed by atoms with Crippen LogP contribution in [0.3, 0.4) is 0 Å². The molecule has 3 rings (SSSR count). The molecule has 3 aromatic rings. The first kappa shape index (κ1) is 17.2. The molecule has 4 nitrogen and oxygen atoms in total. The lowest BCUT2D eigenvalue weighted by molar-refractivity contribution is -0.117. The van der Waals surface area contributed by atoms with Gasteiger partial charge in [0.2, 0.25) is 0 Å². The molecule has 0 spiro atoms. The van der Waals surface area contributed by atoms with E-state index in [9.17, 15) is 4.79 Å². The van der Waals surface area contributed by atoms with Crippen LogP contribution in [0.5, 0.6) is 0 Å². The average molecular weight is 349 g/mol. The second-order valence-corrected chi connectivity index (χ2v) is 6.33. The molecule has 0 bridgehead atoms. The van der Waals surface area contributed by atoms with Crippen LogP contribution < -0.4 is 5.32 Å². The van der Waals surface area contributed by atoms with Gasteiger partial charge in [-0.1, -0.05) is 30.3 Å². The SMILES string of the molecule is CC(=O)C(c1ccc(S)nc1)c1ccc(C)nc1Nc1ccccc1. The molecule has 1 unspecified atom stereocenters. The Labute approximate surface area is 152 Å². The fourth-order valence-electron chi connectivity index (χ4n) is 2.76. The van der Waals surface area contributed by atoms with Crippen molar-refractivity contribution in [3.63, 3.8) is 0 Å². The molecule has 0 aliphatic carbocycles. The first-order chi connectivity index (χ1) is 12.0. The third-order valence-corrected chi connectivity index (χ3v) is 4.19. The molecule has 2 aromatic heterocycles. The number of hydrogen-bond donors (Lipinski definition) is 2. The van der Waals surface area contributed by atoms with Gasteiger partial charge in [-0.05, 0) is 43.7 Å². The maximum Gasteiger partial charge on any atom is 0.141 e. The number of aryl methyl sites for hydroxylation is 1. The lowest BCUT2D eigenvalue weighted by atomic mass is 9.89. The first-order valence-corrected chi connectivity index (χ1v) is 8.44. The third-order valence-electron chi connectivity index (χ3n) is 3.92. The zero-order valence-electron chi connectivity index (χ0n) is 14.1. The van der Waals surface area contributed by atoms with E-state index in [2.05, 4.69) is 27.9 Å². The highest BCUT2D eigenvalue weighted by atomic mass is 32.1. The number of nitrogens with zero attached hydrogens (tertiary/aromatic N) is 2. The highest BCUT2D eigenvalue weighted by Crippen LogP contribution is 2.32. The van der Waals surface area contributed by atoms with Crippen molar-refractivity contribution in [2.75, 3.05) is 5.32 Å². The Morgan fingerprint density at radius 1 is 1.08 bits per heavy atom. The standard InChI is InChI=1S/C20H19N3OS/c1-13-8-10-17(20(22-13)23-16-6-4-3-5-7-16)19(14(2)24)15-9-11-18(25)21-12-15/h3-12,19H,1-2H3,(H,21,25)(H,22,23). The summed E-state index contributed by atoms with van der Waals surface area (Å²) in [5.41, 5.74) is 3.46. The van der Waals surface area contributed by atoms with Gasteiger partial charge in [0.25, 0.3) is 0 Å². The van der Waals surface area contributed by atoms with Crippen LogP contribution >= 0.6 is 12.6 Å². The minimum Gasteiger partial charge on any atom is -0.340 e. The van der Waals surface area contributed by atoms with Crippen molar-refractivity contribution in [2.45, 2.75) is 24.8 Å². The molecule has 0 aliphatic rings. The fourth-order valence-corrected chi connectivity index (χ4v) is 2.89. The zero-order chi connectivity index (χ0) is 17.8. The van der Waals surface area contributed by atoms with Crippen LogP contribution in [0.1, 0.15) is 29.7 Å². The topological polar surface area (TPSA) is 54.9 Å². The summed E-state index contributed by atoms with van der Waals surface area (Å²) in [7, 11) is 0. The van der Waals surface area contributed by atoms with Crippen LogP contribution in [-0.2, 0) is 4.79 Å². The molecule has 5 heteroatoms. The second-order valence-electron chi connectivity index (χ2n) is 5.87. The van der Waals surface area contributed by atoms with E-state index in [1.54, 1.807) is 19.2 Å². The molecule has 1 atom stereocenters. The van der Waals surface area contributed by atoms with Crippen molar-refractivity contribution in [2.24, 2.45) is 0 Å². The number of rotatable bonds is 5. The molecule has 2 heterocycles. The Morgan fingerprint density at radius 3 is 2.48 bits per heavy atom. The zero-order valence-corrected chi connectivity index (χ0v) is 15.0. The molecular weight excluding hydrogens is 330 g/mol. The van der Waals surface area contributed by atoms with Gasteiger partial charge >= 0.3 is 0 Å². The molecule has 0 fully saturated rings. The number of anilines is 2. The van der Waals surface area contributed by atoms with Gasteiger partial charge in [-0.25, -0.2) is 9.97 Å². The number of nitrogens with one attached hydrogen (secondary N) is 1. The van der Waals surface area contributed by atoms with Crippen molar-refractivity contribution in [3.05, 3.63) is 77.6 Å². The number of aromatic nitrogens is 2. The summed E-state index contributed by atoms with van der Waals surface area (Å²) in [5.74, 6) is 0.289. The summed E-state index contributed by atoms with van der Waals surface area (Å²) < 4.78 is 0. The van der Waals surface area contributed by atoms with Gasteiger partial charge in [0.1, 0.15) is 11.6 Å². The molecule has 0 amide bonds. The lowest BCUT2D eigenvalue weighted by Crippen LogP contribution is -2.14. The van der Waals surface area contributed by atoms with Crippen LogP contribution in [0.25, 0.3) is 0 Å². The fraction of sp³-hybridized carbons (Fsp3) is 0.150. The number of ketones is 1. The second kappa shape index (κ2) is 7.49. The van der Waals surface area contributed by atoms with E-state index in [1.807, 2.05) is 55.5 Å². The number of pyridine rings is 2. The molecule has 0 radical (unpaired) electrons. The number of Topliss-reactive ketones (excluding diaryl/α,β-unsaturated/α-hetero) is 1. The average Bonchev–Trinajstić information content (AvgIpc) is 2.59. The molecule has 1 aromatic carbocycles. The van der Waals surface area contributed by atoms with Gasteiger partial charge in [0.15, 0.2) is 0 Å². The van der Waals surface area contributed by atoms with E-state index in [0.717, 1.165) is 22.5 Å². The maximum atomic E-state index is 12.4. The van der Waals surface area contributed by atoms with E-state index in [1.165, 1.54) is 0 Å². The van der Waals surface area contributed by atoms with Crippen molar-refractivity contribution in [3.8, 4) is 0 Å². The number of hydrogen-bond acceptors (Lipinski definition) is 5. The van der Waals surface area contributed by atoms with E-state index >= 15 is 0 Å². The van der Waals surface area contributed by atoms with Crippen molar-refractivity contribution < 1.29 is 4.79 Å². The maximum absolute atomic E-state index is 12.4. The third kappa shape index (κ3) is 4.06. The summed E-state index contributed by atoms with van der Waals surface area (Å²) >= 11 is 4.22. The summed E-state index contributed by atoms with van der Waals surface area (Å²) in [6, 6.07) is 17.3.